The van der Waals surface area contributed by atoms with Gasteiger partial charge in [0.2, 0.25) is 0 Å². The van der Waals surface area contributed by atoms with Crippen LogP contribution in [0.1, 0.15) is 31.9 Å². The molecule has 2 nitrogen and oxygen atoms in total. The fourth-order valence-corrected chi connectivity index (χ4v) is 3.82. The molecule has 1 N–H and O–H groups in total. The second-order valence-electron chi connectivity index (χ2n) is 4.68. The van der Waals surface area contributed by atoms with Crippen molar-refractivity contribution in [3.05, 3.63) is 34.9 Å². The quantitative estimate of drug-likeness (QED) is 0.851. The monoisotopic (exact) mass is 271 g/mol. The van der Waals surface area contributed by atoms with E-state index in [1.165, 1.54) is 5.56 Å². The predicted octanol–water partition coefficient (Wildman–Crippen LogP) is 2.90. The Bertz CT molecular complexity index is 406. The molecule has 0 aliphatic carbocycles. The molecule has 4 atom stereocenters. The van der Waals surface area contributed by atoms with Crippen molar-refractivity contribution in [2.45, 2.75) is 37.6 Å². The fourth-order valence-electron chi connectivity index (χ4n) is 2.19. The molecular weight excluding hydrogens is 254 g/mol. The molecule has 1 aromatic rings. The van der Waals surface area contributed by atoms with Gasteiger partial charge >= 0.3 is 0 Å². The first-order valence-electron chi connectivity index (χ1n) is 5.96. The van der Waals surface area contributed by atoms with Crippen LogP contribution in [-0.4, -0.2) is 21.3 Å². The van der Waals surface area contributed by atoms with E-state index in [0.717, 1.165) is 17.2 Å². The van der Waals surface area contributed by atoms with E-state index in [1.807, 2.05) is 24.3 Å². The Morgan fingerprint density at radius 3 is 2.59 bits per heavy atom. The first kappa shape index (κ1) is 13.1. The van der Waals surface area contributed by atoms with Crippen LogP contribution in [0.3, 0.4) is 0 Å². The summed E-state index contributed by atoms with van der Waals surface area (Å²) < 4.78 is 12.1. The van der Waals surface area contributed by atoms with Crippen LogP contribution in [0.25, 0.3) is 0 Å². The van der Waals surface area contributed by atoms with Gasteiger partial charge in [0.1, 0.15) is 0 Å². The molecule has 1 fully saturated rings. The average Bonchev–Trinajstić information content (AvgIpc) is 2.44. The SMILES string of the molecule is CC1CCS(=O)C(C)C(c2ccc(Cl)cc2)N1. The maximum atomic E-state index is 12.1. The molecule has 1 aromatic carbocycles. The van der Waals surface area contributed by atoms with E-state index in [4.69, 9.17) is 11.6 Å². The molecule has 0 bridgehead atoms. The van der Waals surface area contributed by atoms with Crippen LogP contribution >= 0.6 is 11.6 Å². The minimum Gasteiger partial charge on any atom is -0.306 e. The van der Waals surface area contributed by atoms with E-state index in [2.05, 4.69) is 19.2 Å². The number of nitrogens with one attached hydrogen (secondary N) is 1. The van der Waals surface area contributed by atoms with Gasteiger partial charge in [0.25, 0.3) is 0 Å². The van der Waals surface area contributed by atoms with E-state index in [-0.39, 0.29) is 11.3 Å². The molecule has 0 radical (unpaired) electrons. The lowest BCUT2D eigenvalue weighted by atomic mass is 10.0. The van der Waals surface area contributed by atoms with Gasteiger partial charge in [-0.05, 0) is 38.0 Å². The van der Waals surface area contributed by atoms with E-state index >= 15 is 0 Å². The Kier molecular flexibility index (Phi) is 4.23. The van der Waals surface area contributed by atoms with E-state index in [9.17, 15) is 4.21 Å². The predicted molar refractivity (Wildman–Crippen MR) is 73.9 cm³/mol. The molecule has 0 aromatic heterocycles. The molecule has 4 unspecified atom stereocenters. The number of rotatable bonds is 1. The van der Waals surface area contributed by atoms with Crippen LogP contribution < -0.4 is 5.32 Å². The normalized spacial score (nSPS) is 34.3. The molecule has 1 heterocycles. The summed E-state index contributed by atoms with van der Waals surface area (Å²) in [4.78, 5) is 0. The molecule has 1 aliphatic rings. The van der Waals surface area contributed by atoms with Gasteiger partial charge in [-0.3, -0.25) is 4.21 Å². The van der Waals surface area contributed by atoms with Crippen molar-refractivity contribution in [1.29, 1.82) is 0 Å². The lowest BCUT2D eigenvalue weighted by Gasteiger charge is -2.24. The number of benzene rings is 1. The molecule has 4 heteroatoms. The highest BCUT2D eigenvalue weighted by molar-refractivity contribution is 7.85. The topological polar surface area (TPSA) is 29.1 Å². The van der Waals surface area contributed by atoms with Gasteiger partial charge in [-0.15, -0.1) is 0 Å². The maximum absolute atomic E-state index is 12.1. The lowest BCUT2D eigenvalue weighted by molar-refractivity contribution is 0.455. The summed E-state index contributed by atoms with van der Waals surface area (Å²) in [6.45, 7) is 4.21. The minimum atomic E-state index is -0.754. The standard InChI is InChI=1S/C13H18ClNOS/c1-9-7-8-17(16)10(2)13(15-9)11-3-5-12(14)6-4-11/h3-6,9-10,13,15H,7-8H2,1-2H3. The Morgan fingerprint density at radius 1 is 1.29 bits per heavy atom. The third-order valence-electron chi connectivity index (χ3n) is 3.33. The highest BCUT2D eigenvalue weighted by Crippen LogP contribution is 2.26. The summed E-state index contributed by atoms with van der Waals surface area (Å²) in [5.41, 5.74) is 1.17. The Labute approximate surface area is 110 Å². The summed E-state index contributed by atoms with van der Waals surface area (Å²) in [5, 5.41) is 4.44. The van der Waals surface area contributed by atoms with Crippen molar-refractivity contribution < 1.29 is 4.21 Å². The summed E-state index contributed by atoms with van der Waals surface area (Å²) in [5.74, 6) is 0.791. The molecule has 2 rings (SSSR count). The zero-order valence-electron chi connectivity index (χ0n) is 10.2. The largest absolute Gasteiger partial charge is 0.306 e. The Balaban J connectivity index is 2.27. The zero-order chi connectivity index (χ0) is 12.4. The van der Waals surface area contributed by atoms with Crippen LogP contribution in [0.5, 0.6) is 0 Å². The summed E-state index contributed by atoms with van der Waals surface area (Å²) in [6.07, 6.45) is 0.973. The van der Waals surface area contributed by atoms with Gasteiger partial charge in [-0.2, -0.15) is 0 Å². The third-order valence-corrected chi connectivity index (χ3v) is 5.32. The molecule has 1 aliphatic heterocycles. The number of halogens is 1. The summed E-state index contributed by atoms with van der Waals surface area (Å²) in [7, 11) is -0.754. The minimum absolute atomic E-state index is 0.140. The van der Waals surface area contributed by atoms with E-state index in [0.29, 0.717) is 6.04 Å². The van der Waals surface area contributed by atoms with Crippen molar-refractivity contribution in [3.63, 3.8) is 0 Å². The van der Waals surface area contributed by atoms with Gasteiger partial charge in [-0.25, -0.2) is 0 Å². The molecule has 17 heavy (non-hydrogen) atoms. The molecule has 0 spiro atoms. The van der Waals surface area contributed by atoms with Crippen LogP contribution in [0.4, 0.5) is 0 Å². The van der Waals surface area contributed by atoms with Gasteiger partial charge < -0.3 is 5.32 Å². The lowest BCUT2D eigenvalue weighted by Crippen LogP contribution is -2.34. The molecular formula is C13H18ClNOS. The molecule has 94 valence electrons. The maximum Gasteiger partial charge on any atom is 0.0514 e. The van der Waals surface area contributed by atoms with Gasteiger partial charge in [0.05, 0.1) is 5.25 Å². The fraction of sp³-hybridized carbons (Fsp3) is 0.538. The van der Waals surface area contributed by atoms with Gasteiger partial charge in [0.15, 0.2) is 0 Å². The second kappa shape index (κ2) is 5.51. The molecule has 0 amide bonds. The zero-order valence-corrected chi connectivity index (χ0v) is 11.7. The Morgan fingerprint density at radius 2 is 1.94 bits per heavy atom. The van der Waals surface area contributed by atoms with E-state index < -0.39 is 10.8 Å². The van der Waals surface area contributed by atoms with Crippen molar-refractivity contribution in [2.75, 3.05) is 5.75 Å². The highest BCUT2D eigenvalue weighted by Gasteiger charge is 2.28. The average molecular weight is 272 g/mol. The Hall–Kier alpha value is -0.380. The van der Waals surface area contributed by atoms with Crippen molar-refractivity contribution in [3.8, 4) is 0 Å². The molecule has 1 saturated heterocycles. The molecule has 0 saturated carbocycles. The first-order valence-corrected chi connectivity index (χ1v) is 7.72. The second-order valence-corrected chi connectivity index (χ2v) is 7.03. The van der Waals surface area contributed by atoms with Crippen molar-refractivity contribution >= 4 is 22.4 Å². The summed E-state index contributed by atoms with van der Waals surface area (Å²) >= 11 is 5.90. The summed E-state index contributed by atoms with van der Waals surface area (Å²) in [6, 6.07) is 8.39. The number of hydrogen-bond acceptors (Lipinski definition) is 2. The van der Waals surface area contributed by atoms with Crippen molar-refractivity contribution in [2.24, 2.45) is 0 Å². The van der Waals surface area contributed by atoms with Crippen molar-refractivity contribution in [1.82, 2.24) is 5.32 Å². The van der Waals surface area contributed by atoms with Crippen LogP contribution in [-0.2, 0) is 10.8 Å². The van der Waals surface area contributed by atoms with Crippen LogP contribution in [0.2, 0.25) is 5.02 Å². The number of hydrogen-bond donors (Lipinski definition) is 1. The van der Waals surface area contributed by atoms with Gasteiger partial charge in [-0.1, -0.05) is 23.7 Å². The van der Waals surface area contributed by atoms with Crippen LogP contribution in [0, 0.1) is 0 Å². The van der Waals surface area contributed by atoms with E-state index in [1.54, 1.807) is 0 Å². The first-order chi connectivity index (χ1) is 8.08. The third kappa shape index (κ3) is 3.09. The van der Waals surface area contributed by atoms with Gasteiger partial charge in [0, 0.05) is 33.7 Å². The highest BCUT2D eigenvalue weighted by atomic mass is 35.5. The smallest absolute Gasteiger partial charge is 0.0514 e. The van der Waals surface area contributed by atoms with Crippen LogP contribution in [0.15, 0.2) is 24.3 Å².